The molecule has 0 unspecified atom stereocenters. The predicted octanol–water partition coefficient (Wildman–Crippen LogP) is 6.34. The number of anilines is 2. The SMILES string of the molecule is CCS(=O)(=O)Nc1ccc(-c2ccc(CC3(C(=O)Nc4cccc(/C=C/C(=O)O)c4)CCCCC3)cc2)cc1. The van der Waals surface area contributed by atoms with E-state index in [1.165, 1.54) is 6.08 Å². The summed E-state index contributed by atoms with van der Waals surface area (Å²) >= 11 is 0. The van der Waals surface area contributed by atoms with Crippen molar-refractivity contribution in [3.8, 4) is 11.1 Å². The standard InChI is InChI=1S/C31H34N2O5S/c1-2-39(37,38)33-27-16-14-26(15-17-27)25-12-9-24(10-13-25)22-31(19-4-3-5-20-31)30(36)32-28-8-6-7-23(21-28)11-18-29(34)35/h6-18,21,33H,2-5,19-20,22H2,1H3,(H,32,36)(H,34,35)/b18-11+. The van der Waals surface area contributed by atoms with Gasteiger partial charge in [-0.1, -0.05) is 67.8 Å². The van der Waals surface area contributed by atoms with Gasteiger partial charge in [0.2, 0.25) is 15.9 Å². The Morgan fingerprint density at radius 1 is 0.897 bits per heavy atom. The van der Waals surface area contributed by atoms with Crippen molar-refractivity contribution in [3.05, 3.63) is 90.0 Å². The molecule has 1 amide bonds. The Morgan fingerprint density at radius 3 is 2.15 bits per heavy atom. The van der Waals surface area contributed by atoms with E-state index in [1.807, 2.05) is 30.3 Å². The average Bonchev–Trinajstić information content (AvgIpc) is 2.93. The van der Waals surface area contributed by atoms with E-state index in [0.717, 1.165) is 54.9 Å². The van der Waals surface area contributed by atoms with Crippen molar-refractivity contribution in [1.29, 1.82) is 0 Å². The number of nitrogens with one attached hydrogen (secondary N) is 2. The third-order valence-electron chi connectivity index (χ3n) is 7.22. The molecule has 1 aliphatic rings. The van der Waals surface area contributed by atoms with Crippen LogP contribution in [0.3, 0.4) is 0 Å². The van der Waals surface area contributed by atoms with E-state index >= 15 is 0 Å². The van der Waals surface area contributed by atoms with E-state index in [2.05, 4.69) is 22.2 Å². The number of hydrogen-bond donors (Lipinski definition) is 3. The second kappa shape index (κ2) is 12.3. The summed E-state index contributed by atoms with van der Waals surface area (Å²) in [6.07, 6.45) is 7.97. The molecule has 7 nitrogen and oxygen atoms in total. The number of carbonyl (C=O) groups excluding carboxylic acids is 1. The van der Waals surface area contributed by atoms with Gasteiger partial charge in [-0.2, -0.15) is 0 Å². The van der Waals surface area contributed by atoms with Crippen LogP contribution in [-0.2, 0) is 26.0 Å². The molecule has 3 aromatic rings. The lowest BCUT2D eigenvalue weighted by Crippen LogP contribution is -2.40. The summed E-state index contributed by atoms with van der Waals surface area (Å²) in [6.45, 7) is 1.60. The number of hydrogen-bond acceptors (Lipinski definition) is 4. The first-order valence-electron chi connectivity index (χ1n) is 13.2. The van der Waals surface area contributed by atoms with Crippen molar-refractivity contribution in [3.63, 3.8) is 0 Å². The molecule has 3 aromatic carbocycles. The molecule has 4 rings (SSSR count). The summed E-state index contributed by atoms with van der Waals surface area (Å²) in [7, 11) is -3.32. The maximum Gasteiger partial charge on any atom is 0.328 e. The topological polar surface area (TPSA) is 113 Å². The van der Waals surface area contributed by atoms with Gasteiger partial charge >= 0.3 is 5.97 Å². The highest BCUT2D eigenvalue weighted by Crippen LogP contribution is 2.40. The number of benzene rings is 3. The largest absolute Gasteiger partial charge is 0.478 e. The van der Waals surface area contributed by atoms with E-state index in [0.29, 0.717) is 23.4 Å². The Morgan fingerprint density at radius 2 is 1.54 bits per heavy atom. The van der Waals surface area contributed by atoms with E-state index in [4.69, 9.17) is 5.11 Å². The molecule has 0 atom stereocenters. The monoisotopic (exact) mass is 546 g/mol. The highest BCUT2D eigenvalue weighted by Gasteiger charge is 2.39. The first kappa shape index (κ1) is 28.1. The highest BCUT2D eigenvalue weighted by atomic mass is 32.2. The lowest BCUT2D eigenvalue weighted by molar-refractivity contribution is -0.131. The van der Waals surface area contributed by atoms with Crippen LogP contribution in [0.25, 0.3) is 17.2 Å². The van der Waals surface area contributed by atoms with Gasteiger partial charge in [0, 0.05) is 17.5 Å². The quantitative estimate of drug-likeness (QED) is 0.257. The normalized spacial score (nSPS) is 15.1. The Balaban J connectivity index is 1.48. The summed E-state index contributed by atoms with van der Waals surface area (Å²) in [4.78, 5) is 24.5. The molecule has 0 radical (unpaired) electrons. The van der Waals surface area contributed by atoms with Gasteiger partial charge in [0.25, 0.3) is 0 Å². The van der Waals surface area contributed by atoms with Gasteiger partial charge in [-0.25, -0.2) is 13.2 Å². The van der Waals surface area contributed by atoms with Crippen LogP contribution >= 0.6 is 0 Å². The number of amides is 1. The Hall–Kier alpha value is -3.91. The number of sulfonamides is 1. The first-order chi connectivity index (χ1) is 18.7. The molecule has 1 fully saturated rings. The minimum atomic E-state index is -3.32. The van der Waals surface area contributed by atoms with Crippen molar-refractivity contribution in [2.75, 3.05) is 15.8 Å². The lowest BCUT2D eigenvalue weighted by atomic mass is 9.69. The molecule has 0 bridgehead atoms. The molecule has 0 spiro atoms. The smallest absolute Gasteiger partial charge is 0.328 e. The Bertz CT molecular complexity index is 1440. The maximum atomic E-state index is 13.6. The molecule has 0 saturated heterocycles. The molecule has 0 aromatic heterocycles. The molecule has 0 aliphatic heterocycles. The minimum absolute atomic E-state index is 0.00392. The van der Waals surface area contributed by atoms with Gasteiger partial charge in [0.15, 0.2) is 0 Å². The number of aliphatic carboxylic acids is 1. The van der Waals surface area contributed by atoms with Crippen LogP contribution in [0.5, 0.6) is 0 Å². The van der Waals surface area contributed by atoms with Crippen molar-refractivity contribution < 1.29 is 23.1 Å². The average molecular weight is 547 g/mol. The lowest BCUT2D eigenvalue weighted by Gasteiger charge is -2.36. The van der Waals surface area contributed by atoms with Gasteiger partial charge in [0.1, 0.15) is 0 Å². The zero-order valence-electron chi connectivity index (χ0n) is 22.0. The molecule has 8 heteroatoms. The van der Waals surface area contributed by atoms with Gasteiger partial charge in [0.05, 0.1) is 11.2 Å². The van der Waals surface area contributed by atoms with Gasteiger partial charge in [-0.05, 0) is 78.8 Å². The number of carbonyl (C=O) groups is 2. The Labute approximate surface area is 230 Å². The fraction of sp³-hybridized carbons (Fsp3) is 0.290. The van der Waals surface area contributed by atoms with Crippen molar-refractivity contribution in [2.24, 2.45) is 5.41 Å². The molecule has 39 heavy (non-hydrogen) atoms. The van der Waals surface area contributed by atoms with Crippen LogP contribution in [0, 0.1) is 5.41 Å². The van der Waals surface area contributed by atoms with Crippen molar-refractivity contribution in [1.82, 2.24) is 0 Å². The zero-order chi connectivity index (χ0) is 27.9. The van der Waals surface area contributed by atoms with Gasteiger partial charge in [-0.15, -0.1) is 0 Å². The summed E-state index contributed by atoms with van der Waals surface area (Å²) in [5.41, 5.74) is 4.45. The fourth-order valence-electron chi connectivity index (χ4n) is 5.05. The second-order valence-electron chi connectivity index (χ2n) is 10.0. The Kier molecular flexibility index (Phi) is 8.86. The number of rotatable bonds is 10. The molecule has 3 N–H and O–H groups in total. The van der Waals surface area contributed by atoms with Crippen LogP contribution in [0.4, 0.5) is 11.4 Å². The molecular formula is C31H34N2O5S. The highest BCUT2D eigenvalue weighted by molar-refractivity contribution is 7.92. The van der Waals surface area contributed by atoms with E-state index < -0.39 is 21.4 Å². The molecule has 0 heterocycles. The van der Waals surface area contributed by atoms with Gasteiger partial charge in [-0.3, -0.25) is 9.52 Å². The third kappa shape index (κ3) is 7.57. The molecular weight excluding hydrogens is 512 g/mol. The summed E-state index contributed by atoms with van der Waals surface area (Å²) in [5, 5.41) is 12.0. The van der Waals surface area contributed by atoms with Crippen LogP contribution in [-0.4, -0.2) is 31.2 Å². The summed E-state index contributed by atoms with van der Waals surface area (Å²) in [5.74, 6) is -1.00. The van der Waals surface area contributed by atoms with Crippen molar-refractivity contribution >= 4 is 39.4 Å². The molecule has 1 saturated carbocycles. The van der Waals surface area contributed by atoms with Gasteiger partial charge < -0.3 is 10.4 Å². The minimum Gasteiger partial charge on any atom is -0.478 e. The van der Waals surface area contributed by atoms with Crippen molar-refractivity contribution in [2.45, 2.75) is 45.4 Å². The fourth-order valence-corrected chi connectivity index (χ4v) is 5.69. The second-order valence-corrected chi connectivity index (χ2v) is 12.1. The zero-order valence-corrected chi connectivity index (χ0v) is 22.8. The number of carboxylic acids is 1. The predicted molar refractivity (Wildman–Crippen MR) is 156 cm³/mol. The number of carboxylic acid groups (broad SMARTS) is 1. The van der Waals surface area contributed by atoms with Crippen LogP contribution in [0.15, 0.2) is 78.9 Å². The summed E-state index contributed by atoms with van der Waals surface area (Å²) < 4.78 is 26.2. The van der Waals surface area contributed by atoms with Crippen LogP contribution in [0.1, 0.15) is 50.2 Å². The molecule has 1 aliphatic carbocycles. The molecule has 204 valence electrons. The third-order valence-corrected chi connectivity index (χ3v) is 8.53. The van der Waals surface area contributed by atoms with E-state index in [-0.39, 0.29) is 11.7 Å². The van der Waals surface area contributed by atoms with Crippen LogP contribution < -0.4 is 10.0 Å². The van der Waals surface area contributed by atoms with E-state index in [9.17, 15) is 18.0 Å². The maximum absolute atomic E-state index is 13.6. The van der Waals surface area contributed by atoms with E-state index in [1.54, 1.807) is 37.3 Å². The summed E-state index contributed by atoms with van der Waals surface area (Å²) in [6, 6.07) is 22.7. The van der Waals surface area contributed by atoms with Crippen LogP contribution in [0.2, 0.25) is 0 Å². The first-order valence-corrected chi connectivity index (χ1v) is 14.9.